The second-order valence-corrected chi connectivity index (χ2v) is 7.70. The molecule has 1 aliphatic rings. The molecule has 112 valence electrons. The number of benzene rings is 1. The summed E-state index contributed by atoms with van der Waals surface area (Å²) in [6, 6.07) is 7.22. The van der Waals surface area contributed by atoms with E-state index in [9.17, 15) is 13.2 Å². The van der Waals surface area contributed by atoms with Gasteiger partial charge in [-0.15, -0.1) is 0 Å². The number of fused-ring (bicyclic) bond motifs is 1. The number of carbonyl (C=O) groups is 1. The summed E-state index contributed by atoms with van der Waals surface area (Å²) in [5.74, 6) is 0.145. The first-order valence-electron chi connectivity index (χ1n) is 6.80. The predicted octanol–water partition coefficient (Wildman–Crippen LogP) is 0.915. The molecule has 7 heteroatoms. The smallest absolute Gasteiger partial charge is 0.267 e. The third kappa shape index (κ3) is 2.87. The number of nitrogens with one attached hydrogen (secondary N) is 2. The third-order valence-corrected chi connectivity index (χ3v) is 5.65. The minimum atomic E-state index is -2.91. The van der Waals surface area contributed by atoms with Crippen LogP contribution in [-0.4, -0.2) is 37.4 Å². The molecule has 4 N–H and O–H groups in total. The van der Waals surface area contributed by atoms with Gasteiger partial charge in [-0.05, 0) is 24.5 Å². The summed E-state index contributed by atoms with van der Waals surface area (Å²) in [7, 11) is -2.91. The van der Waals surface area contributed by atoms with Crippen LogP contribution in [-0.2, 0) is 9.84 Å². The molecule has 21 heavy (non-hydrogen) atoms. The highest BCUT2D eigenvalue weighted by atomic mass is 32.2. The number of para-hydroxylation sites is 1. The lowest BCUT2D eigenvalue weighted by atomic mass is 10.1. The summed E-state index contributed by atoms with van der Waals surface area (Å²) in [5.41, 5.74) is 7.61. The Balaban J connectivity index is 1.69. The number of anilines is 1. The van der Waals surface area contributed by atoms with Gasteiger partial charge in [0.1, 0.15) is 5.69 Å². The zero-order valence-corrected chi connectivity index (χ0v) is 12.2. The molecule has 1 aromatic carbocycles. The topological polar surface area (TPSA) is 105 Å². The highest BCUT2D eigenvalue weighted by Gasteiger charge is 2.28. The van der Waals surface area contributed by atoms with Crippen molar-refractivity contribution in [3.63, 3.8) is 0 Å². The van der Waals surface area contributed by atoms with Gasteiger partial charge in [-0.1, -0.05) is 12.1 Å². The average molecular weight is 307 g/mol. The standard InChI is InChI=1S/C14H17N3O3S/c15-11-3-1-2-10-6-12(17-13(10)11)14(18)16-7-9-4-5-21(19,20)8-9/h1-3,6,9,17H,4-5,7-8,15H2,(H,16,18). The van der Waals surface area contributed by atoms with Crippen molar-refractivity contribution in [3.8, 4) is 0 Å². The Morgan fingerprint density at radius 3 is 2.90 bits per heavy atom. The van der Waals surface area contributed by atoms with Crippen LogP contribution in [0.5, 0.6) is 0 Å². The normalized spacial score (nSPS) is 20.7. The van der Waals surface area contributed by atoms with Crippen LogP contribution in [0, 0.1) is 5.92 Å². The lowest BCUT2D eigenvalue weighted by Gasteiger charge is -2.08. The molecule has 1 aromatic heterocycles. The van der Waals surface area contributed by atoms with Crippen molar-refractivity contribution >= 4 is 32.3 Å². The number of H-pyrrole nitrogens is 1. The van der Waals surface area contributed by atoms with E-state index in [1.807, 2.05) is 12.1 Å². The maximum Gasteiger partial charge on any atom is 0.267 e. The quantitative estimate of drug-likeness (QED) is 0.733. The molecule has 3 rings (SSSR count). The van der Waals surface area contributed by atoms with Crippen molar-refractivity contribution in [3.05, 3.63) is 30.0 Å². The van der Waals surface area contributed by atoms with Crippen molar-refractivity contribution < 1.29 is 13.2 Å². The first kappa shape index (κ1) is 13.9. The van der Waals surface area contributed by atoms with Crippen LogP contribution in [0.4, 0.5) is 5.69 Å². The van der Waals surface area contributed by atoms with E-state index in [2.05, 4.69) is 10.3 Å². The minimum Gasteiger partial charge on any atom is -0.397 e. The van der Waals surface area contributed by atoms with Crippen LogP contribution < -0.4 is 11.1 Å². The van der Waals surface area contributed by atoms with Gasteiger partial charge in [0.05, 0.1) is 22.7 Å². The Morgan fingerprint density at radius 1 is 1.43 bits per heavy atom. The largest absolute Gasteiger partial charge is 0.397 e. The molecule has 1 unspecified atom stereocenters. The molecule has 6 nitrogen and oxygen atoms in total. The lowest BCUT2D eigenvalue weighted by molar-refractivity contribution is 0.0944. The summed E-state index contributed by atoms with van der Waals surface area (Å²) in [6.07, 6.45) is 0.613. The number of rotatable bonds is 3. The van der Waals surface area contributed by atoms with E-state index in [4.69, 9.17) is 5.73 Å². The van der Waals surface area contributed by atoms with E-state index >= 15 is 0 Å². The molecule has 0 bridgehead atoms. The van der Waals surface area contributed by atoms with E-state index in [1.165, 1.54) is 0 Å². The van der Waals surface area contributed by atoms with Gasteiger partial charge in [0.2, 0.25) is 0 Å². The zero-order valence-electron chi connectivity index (χ0n) is 11.4. The first-order valence-corrected chi connectivity index (χ1v) is 8.62. The van der Waals surface area contributed by atoms with Crippen LogP contribution in [0.3, 0.4) is 0 Å². The molecule has 1 saturated heterocycles. The van der Waals surface area contributed by atoms with Gasteiger partial charge in [0, 0.05) is 11.9 Å². The van der Waals surface area contributed by atoms with E-state index < -0.39 is 9.84 Å². The fourth-order valence-electron chi connectivity index (χ4n) is 2.67. The highest BCUT2D eigenvalue weighted by Crippen LogP contribution is 2.21. The van der Waals surface area contributed by atoms with Crippen LogP contribution in [0.1, 0.15) is 16.9 Å². The van der Waals surface area contributed by atoms with Gasteiger partial charge in [0.25, 0.3) is 5.91 Å². The number of sulfone groups is 1. The molecule has 1 aliphatic heterocycles. The summed E-state index contributed by atoms with van der Waals surface area (Å²) in [5, 5.41) is 3.66. The van der Waals surface area contributed by atoms with Gasteiger partial charge in [-0.2, -0.15) is 0 Å². The van der Waals surface area contributed by atoms with Crippen molar-refractivity contribution in [2.75, 3.05) is 23.8 Å². The number of aromatic amines is 1. The molecular formula is C14H17N3O3S. The molecule has 1 fully saturated rings. The molecule has 0 radical (unpaired) electrons. The number of amides is 1. The third-order valence-electron chi connectivity index (χ3n) is 3.81. The van der Waals surface area contributed by atoms with Gasteiger partial charge in [0.15, 0.2) is 9.84 Å². The van der Waals surface area contributed by atoms with E-state index in [-0.39, 0.29) is 23.3 Å². The van der Waals surface area contributed by atoms with Crippen LogP contribution in [0.15, 0.2) is 24.3 Å². The second kappa shape index (κ2) is 5.07. The molecule has 2 heterocycles. The number of nitrogens with two attached hydrogens (primary N) is 1. The predicted molar refractivity (Wildman–Crippen MR) is 81.8 cm³/mol. The minimum absolute atomic E-state index is 0.00778. The van der Waals surface area contributed by atoms with E-state index in [0.717, 1.165) is 10.9 Å². The molecule has 1 atom stereocenters. The van der Waals surface area contributed by atoms with Crippen molar-refractivity contribution in [2.24, 2.45) is 5.92 Å². The Morgan fingerprint density at radius 2 is 2.24 bits per heavy atom. The van der Waals surface area contributed by atoms with Gasteiger partial charge in [-0.3, -0.25) is 4.79 Å². The molecule has 1 amide bonds. The average Bonchev–Trinajstić information content (AvgIpc) is 3.00. The Labute approximate surface area is 122 Å². The maximum atomic E-state index is 12.1. The van der Waals surface area contributed by atoms with E-state index in [0.29, 0.717) is 24.3 Å². The number of nitrogen functional groups attached to an aromatic ring is 1. The Bertz CT molecular complexity index is 795. The monoisotopic (exact) mass is 307 g/mol. The van der Waals surface area contributed by atoms with Crippen LogP contribution in [0.2, 0.25) is 0 Å². The summed E-state index contributed by atoms with van der Waals surface area (Å²) in [6.45, 7) is 0.378. The van der Waals surface area contributed by atoms with Gasteiger partial charge < -0.3 is 16.0 Å². The number of carbonyl (C=O) groups excluding carboxylic acids is 1. The fourth-order valence-corrected chi connectivity index (χ4v) is 4.53. The highest BCUT2D eigenvalue weighted by molar-refractivity contribution is 7.91. The summed E-state index contributed by atoms with van der Waals surface area (Å²) < 4.78 is 22.8. The molecule has 2 aromatic rings. The van der Waals surface area contributed by atoms with Crippen LogP contribution >= 0.6 is 0 Å². The van der Waals surface area contributed by atoms with Crippen molar-refractivity contribution in [1.82, 2.24) is 10.3 Å². The zero-order chi connectivity index (χ0) is 15.0. The summed E-state index contributed by atoms with van der Waals surface area (Å²) in [4.78, 5) is 15.1. The first-order chi connectivity index (χ1) is 9.94. The van der Waals surface area contributed by atoms with Crippen molar-refractivity contribution in [1.29, 1.82) is 0 Å². The second-order valence-electron chi connectivity index (χ2n) is 5.47. The Kier molecular flexibility index (Phi) is 3.36. The van der Waals surface area contributed by atoms with Gasteiger partial charge >= 0.3 is 0 Å². The molecule has 0 aliphatic carbocycles. The van der Waals surface area contributed by atoms with Gasteiger partial charge in [-0.25, -0.2) is 8.42 Å². The number of hydrogen-bond acceptors (Lipinski definition) is 4. The van der Waals surface area contributed by atoms with E-state index in [1.54, 1.807) is 12.1 Å². The molecular weight excluding hydrogens is 290 g/mol. The van der Waals surface area contributed by atoms with Crippen molar-refractivity contribution in [2.45, 2.75) is 6.42 Å². The molecule has 0 saturated carbocycles. The van der Waals surface area contributed by atoms with Crippen LogP contribution in [0.25, 0.3) is 10.9 Å². The Hall–Kier alpha value is -2.02. The maximum absolute atomic E-state index is 12.1. The number of hydrogen-bond donors (Lipinski definition) is 3. The lowest BCUT2D eigenvalue weighted by Crippen LogP contribution is -2.30. The number of aromatic nitrogens is 1. The fraction of sp³-hybridized carbons (Fsp3) is 0.357. The SMILES string of the molecule is Nc1cccc2cc(C(=O)NCC3CCS(=O)(=O)C3)[nH]c12. The molecule has 0 spiro atoms. The summed E-state index contributed by atoms with van der Waals surface area (Å²) >= 11 is 0.